The zero-order chi connectivity index (χ0) is 20.6. The number of aromatic hydroxyl groups is 1. The number of phenols is 1. The molecule has 1 heterocycles. The number of piperazine rings is 1. The van der Waals surface area contributed by atoms with Crippen LogP contribution in [0.1, 0.15) is 15.9 Å². The number of nitrogens with zero attached hydrogens (tertiary/aromatic N) is 2. The SMILES string of the molecule is Cc1ccc(O)c(S(=O)(=O)N2CCN(C(=O)c3cc(F)c(Cl)cc3Cl)CC2)c1. The third-order valence-electron chi connectivity index (χ3n) is 4.50. The zero-order valence-corrected chi connectivity index (χ0v) is 17.2. The van der Waals surface area contributed by atoms with E-state index in [9.17, 15) is 22.7 Å². The van der Waals surface area contributed by atoms with Gasteiger partial charge in [0.05, 0.1) is 15.6 Å². The number of hydrogen-bond acceptors (Lipinski definition) is 4. The van der Waals surface area contributed by atoms with Crippen LogP contribution in [-0.2, 0) is 10.0 Å². The quantitative estimate of drug-likeness (QED) is 0.733. The maximum Gasteiger partial charge on any atom is 0.255 e. The summed E-state index contributed by atoms with van der Waals surface area (Å²) in [6, 6.07) is 6.48. The third kappa shape index (κ3) is 3.96. The Hall–Kier alpha value is -1.87. The smallest absolute Gasteiger partial charge is 0.255 e. The normalized spacial score (nSPS) is 15.6. The Kier molecular flexibility index (Phi) is 5.86. The van der Waals surface area contributed by atoms with Crippen molar-refractivity contribution in [2.24, 2.45) is 0 Å². The van der Waals surface area contributed by atoms with Gasteiger partial charge in [0.1, 0.15) is 16.5 Å². The van der Waals surface area contributed by atoms with Gasteiger partial charge in [0.15, 0.2) is 0 Å². The molecule has 2 aromatic rings. The molecule has 150 valence electrons. The first-order valence-electron chi connectivity index (χ1n) is 8.35. The van der Waals surface area contributed by atoms with Gasteiger partial charge in [-0.2, -0.15) is 4.31 Å². The predicted molar refractivity (Wildman–Crippen MR) is 104 cm³/mol. The topological polar surface area (TPSA) is 77.9 Å². The zero-order valence-electron chi connectivity index (χ0n) is 14.8. The number of carbonyl (C=O) groups excluding carboxylic acids is 1. The monoisotopic (exact) mass is 446 g/mol. The van der Waals surface area contributed by atoms with E-state index in [4.69, 9.17) is 23.2 Å². The van der Waals surface area contributed by atoms with Crippen LogP contribution in [0.15, 0.2) is 35.2 Å². The van der Waals surface area contributed by atoms with Gasteiger partial charge in [-0.15, -0.1) is 0 Å². The van der Waals surface area contributed by atoms with Crippen molar-refractivity contribution in [3.8, 4) is 5.75 Å². The molecule has 0 unspecified atom stereocenters. The number of hydrogen-bond donors (Lipinski definition) is 1. The van der Waals surface area contributed by atoms with Crippen LogP contribution < -0.4 is 0 Å². The van der Waals surface area contributed by atoms with Crippen LogP contribution in [0.5, 0.6) is 5.75 Å². The minimum absolute atomic E-state index is 0.0242. The molecular formula is C18H17Cl2FN2O4S. The Bertz CT molecular complexity index is 1040. The Morgan fingerprint density at radius 3 is 2.36 bits per heavy atom. The molecule has 2 aromatic carbocycles. The van der Waals surface area contributed by atoms with Gasteiger partial charge in [-0.05, 0) is 36.8 Å². The van der Waals surface area contributed by atoms with Crippen LogP contribution in [-0.4, -0.2) is 54.8 Å². The van der Waals surface area contributed by atoms with E-state index in [2.05, 4.69) is 0 Å². The highest BCUT2D eigenvalue weighted by Gasteiger charge is 2.32. The van der Waals surface area contributed by atoms with E-state index in [0.29, 0.717) is 5.56 Å². The summed E-state index contributed by atoms with van der Waals surface area (Å²) in [5, 5.41) is 9.78. The fraction of sp³-hybridized carbons (Fsp3) is 0.278. The van der Waals surface area contributed by atoms with Gasteiger partial charge >= 0.3 is 0 Å². The summed E-state index contributed by atoms with van der Waals surface area (Å²) >= 11 is 11.6. The first-order valence-corrected chi connectivity index (χ1v) is 10.5. The second kappa shape index (κ2) is 7.87. The second-order valence-electron chi connectivity index (χ2n) is 6.41. The number of aryl methyl sites for hydroxylation is 1. The van der Waals surface area contributed by atoms with E-state index in [1.54, 1.807) is 13.0 Å². The number of sulfonamides is 1. The Morgan fingerprint density at radius 2 is 1.71 bits per heavy atom. The Balaban J connectivity index is 1.76. The van der Waals surface area contributed by atoms with Gasteiger partial charge < -0.3 is 10.0 Å². The van der Waals surface area contributed by atoms with E-state index in [-0.39, 0.29) is 52.4 Å². The molecule has 0 atom stereocenters. The average molecular weight is 447 g/mol. The van der Waals surface area contributed by atoms with E-state index in [1.807, 2.05) is 0 Å². The van der Waals surface area contributed by atoms with Crippen molar-refractivity contribution in [3.05, 3.63) is 57.3 Å². The summed E-state index contributed by atoms with van der Waals surface area (Å²) in [5.41, 5.74) is 0.667. The summed E-state index contributed by atoms with van der Waals surface area (Å²) < 4.78 is 40.5. The lowest BCUT2D eigenvalue weighted by molar-refractivity contribution is 0.0697. The number of halogens is 3. The van der Waals surface area contributed by atoms with Gasteiger partial charge in [0.2, 0.25) is 10.0 Å². The highest BCUT2D eigenvalue weighted by molar-refractivity contribution is 7.89. The van der Waals surface area contributed by atoms with Crippen molar-refractivity contribution in [1.82, 2.24) is 9.21 Å². The molecule has 0 radical (unpaired) electrons. The number of amides is 1. The van der Waals surface area contributed by atoms with Crippen molar-refractivity contribution in [2.75, 3.05) is 26.2 Å². The van der Waals surface area contributed by atoms with E-state index in [0.717, 1.165) is 12.1 Å². The predicted octanol–water partition coefficient (Wildman–Crippen LogP) is 3.29. The van der Waals surface area contributed by atoms with E-state index >= 15 is 0 Å². The largest absolute Gasteiger partial charge is 0.507 e. The molecule has 0 spiro atoms. The molecule has 1 aliphatic heterocycles. The number of benzene rings is 2. The van der Waals surface area contributed by atoms with Crippen LogP contribution in [0.3, 0.4) is 0 Å². The molecule has 0 aromatic heterocycles. The molecule has 1 saturated heterocycles. The van der Waals surface area contributed by atoms with Crippen molar-refractivity contribution in [3.63, 3.8) is 0 Å². The third-order valence-corrected chi connectivity index (χ3v) is 7.03. The maximum absolute atomic E-state index is 13.7. The Morgan fingerprint density at radius 1 is 1.07 bits per heavy atom. The van der Waals surface area contributed by atoms with Crippen molar-refractivity contribution < 1.29 is 22.7 Å². The number of phenolic OH excluding ortho intramolecular Hbond substituents is 1. The van der Waals surface area contributed by atoms with Crippen LogP contribution in [0.2, 0.25) is 10.0 Å². The van der Waals surface area contributed by atoms with Gasteiger partial charge in [0.25, 0.3) is 5.91 Å². The van der Waals surface area contributed by atoms with Crippen molar-refractivity contribution in [2.45, 2.75) is 11.8 Å². The summed E-state index contributed by atoms with van der Waals surface area (Å²) in [6.45, 7) is 2.00. The summed E-state index contributed by atoms with van der Waals surface area (Å²) in [4.78, 5) is 13.9. The van der Waals surface area contributed by atoms with E-state index < -0.39 is 21.7 Å². The van der Waals surface area contributed by atoms with Crippen LogP contribution in [0, 0.1) is 12.7 Å². The summed E-state index contributed by atoms with van der Waals surface area (Å²) in [5.74, 6) is -1.59. The molecular weight excluding hydrogens is 430 g/mol. The molecule has 1 fully saturated rings. The fourth-order valence-corrected chi connectivity index (χ4v) is 5.01. The van der Waals surface area contributed by atoms with Crippen molar-refractivity contribution >= 4 is 39.1 Å². The van der Waals surface area contributed by atoms with Crippen LogP contribution in [0.25, 0.3) is 0 Å². The number of carbonyl (C=O) groups is 1. The molecule has 3 rings (SSSR count). The summed E-state index contributed by atoms with van der Waals surface area (Å²) in [6.07, 6.45) is 0. The van der Waals surface area contributed by atoms with Gasteiger partial charge in [-0.3, -0.25) is 4.79 Å². The van der Waals surface area contributed by atoms with E-state index in [1.165, 1.54) is 21.3 Å². The first kappa shape index (κ1) is 20.9. The molecule has 0 bridgehead atoms. The maximum atomic E-state index is 13.7. The van der Waals surface area contributed by atoms with Crippen LogP contribution in [0.4, 0.5) is 4.39 Å². The van der Waals surface area contributed by atoms with Gasteiger partial charge in [-0.25, -0.2) is 12.8 Å². The minimum atomic E-state index is -3.91. The highest BCUT2D eigenvalue weighted by Crippen LogP contribution is 2.29. The minimum Gasteiger partial charge on any atom is -0.507 e. The lowest BCUT2D eigenvalue weighted by Gasteiger charge is -2.34. The first-order chi connectivity index (χ1) is 13.1. The lowest BCUT2D eigenvalue weighted by Crippen LogP contribution is -2.50. The molecule has 6 nitrogen and oxygen atoms in total. The standard InChI is InChI=1S/C18H17Cl2FN2O4S/c1-11-2-3-16(24)17(8-11)28(26,27)23-6-4-22(5-7-23)18(25)12-9-15(21)14(20)10-13(12)19/h2-3,8-10,24H,4-7H2,1H3. The molecule has 1 N–H and O–H groups in total. The summed E-state index contributed by atoms with van der Waals surface area (Å²) in [7, 11) is -3.91. The van der Waals surface area contributed by atoms with Crippen molar-refractivity contribution in [1.29, 1.82) is 0 Å². The fourth-order valence-electron chi connectivity index (χ4n) is 2.96. The Labute approximate surface area is 172 Å². The molecule has 0 aliphatic carbocycles. The second-order valence-corrected chi connectivity index (χ2v) is 9.13. The lowest BCUT2D eigenvalue weighted by atomic mass is 10.1. The highest BCUT2D eigenvalue weighted by atomic mass is 35.5. The number of rotatable bonds is 3. The van der Waals surface area contributed by atoms with Gasteiger partial charge in [-0.1, -0.05) is 29.3 Å². The average Bonchev–Trinajstić information content (AvgIpc) is 2.66. The molecule has 1 aliphatic rings. The van der Waals surface area contributed by atoms with Crippen LogP contribution >= 0.6 is 23.2 Å². The van der Waals surface area contributed by atoms with Gasteiger partial charge in [0, 0.05) is 26.2 Å². The molecule has 28 heavy (non-hydrogen) atoms. The molecule has 1 amide bonds. The molecule has 10 heteroatoms. The molecule has 0 saturated carbocycles.